The number of para-hydroxylation sites is 1. The summed E-state index contributed by atoms with van der Waals surface area (Å²) in [4.78, 5) is 16.5. The van der Waals surface area contributed by atoms with E-state index in [2.05, 4.69) is 41.3 Å². The molecule has 1 amide bonds. The summed E-state index contributed by atoms with van der Waals surface area (Å²) in [7, 11) is 1.62. The van der Waals surface area contributed by atoms with E-state index in [1.807, 2.05) is 29.0 Å². The second kappa shape index (κ2) is 7.85. The van der Waals surface area contributed by atoms with Gasteiger partial charge in [0.05, 0.1) is 20.0 Å². The van der Waals surface area contributed by atoms with Crippen LogP contribution in [0.3, 0.4) is 0 Å². The number of aromatic nitrogens is 4. The molecule has 3 aromatic rings. The fourth-order valence-corrected chi connectivity index (χ4v) is 3.89. The van der Waals surface area contributed by atoms with Crippen LogP contribution >= 0.6 is 0 Å². The van der Waals surface area contributed by atoms with Gasteiger partial charge >= 0.3 is 0 Å². The SMILES string of the molecule is COc1cccc(C2CC(=O)Nc3n[nH]c(C(C)(C)C)c32)c1OCCn1ccnc1. The average molecular weight is 409 g/mol. The van der Waals surface area contributed by atoms with Gasteiger partial charge in [0, 0.05) is 47.0 Å². The molecule has 0 fully saturated rings. The summed E-state index contributed by atoms with van der Waals surface area (Å²) < 4.78 is 13.7. The van der Waals surface area contributed by atoms with Gasteiger partial charge in [-0.2, -0.15) is 5.10 Å². The highest BCUT2D eigenvalue weighted by Crippen LogP contribution is 2.46. The lowest BCUT2D eigenvalue weighted by Gasteiger charge is -2.28. The molecule has 0 aliphatic carbocycles. The number of rotatable bonds is 6. The molecule has 8 nitrogen and oxygen atoms in total. The van der Waals surface area contributed by atoms with Crippen LogP contribution in [0.25, 0.3) is 0 Å². The zero-order chi connectivity index (χ0) is 21.3. The van der Waals surface area contributed by atoms with Crippen LogP contribution in [0.1, 0.15) is 49.9 Å². The number of benzene rings is 1. The standard InChI is InChI=1S/C22H27N5O3/c1-22(2,3)20-18-15(12-17(28)24-21(18)26-25-20)14-6-5-7-16(29-4)19(14)30-11-10-27-9-8-23-13-27/h5-9,13,15H,10-12H2,1-4H3,(H2,24,25,26,28). The molecule has 0 bridgehead atoms. The number of methoxy groups -OCH3 is 1. The van der Waals surface area contributed by atoms with Crippen LogP contribution in [0.15, 0.2) is 36.9 Å². The van der Waals surface area contributed by atoms with Gasteiger partial charge in [0.1, 0.15) is 6.61 Å². The van der Waals surface area contributed by atoms with Crippen molar-refractivity contribution in [1.82, 2.24) is 19.7 Å². The Hall–Kier alpha value is -3.29. The minimum atomic E-state index is -0.180. The third-order valence-corrected chi connectivity index (χ3v) is 5.31. The minimum absolute atomic E-state index is 0.0633. The maximum Gasteiger partial charge on any atom is 0.226 e. The van der Waals surface area contributed by atoms with Crippen LogP contribution in [0, 0.1) is 0 Å². The van der Waals surface area contributed by atoms with E-state index < -0.39 is 0 Å². The van der Waals surface area contributed by atoms with Gasteiger partial charge in [-0.1, -0.05) is 32.9 Å². The van der Waals surface area contributed by atoms with E-state index in [1.165, 1.54) is 0 Å². The molecule has 1 aliphatic heterocycles. The summed E-state index contributed by atoms with van der Waals surface area (Å²) in [5.74, 6) is 1.65. The van der Waals surface area contributed by atoms with Gasteiger partial charge in [-0.15, -0.1) is 0 Å². The first-order chi connectivity index (χ1) is 14.4. The van der Waals surface area contributed by atoms with Crippen molar-refractivity contribution in [1.29, 1.82) is 0 Å². The Morgan fingerprint density at radius 3 is 2.83 bits per heavy atom. The monoisotopic (exact) mass is 409 g/mol. The molecule has 0 radical (unpaired) electrons. The first-order valence-corrected chi connectivity index (χ1v) is 10.0. The number of carbonyl (C=O) groups excluding carboxylic acids is 1. The number of anilines is 1. The molecule has 1 aromatic carbocycles. The van der Waals surface area contributed by atoms with E-state index in [9.17, 15) is 4.79 Å². The van der Waals surface area contributed by atoms with Crippen LogP contribution in [-0.4, -0.2) is 39.4 Å². The first-order valence-electron chi connectivity index (χ1n) is 10.0. The zero-order valence-electron chi connectivity index (χ0n) is 17.7. The summed E-state index contributed by atoms with van der Waals surface area (Å²) >= 11 is 0. The van der Waals surface area contributed by atoms with Gasteiger partial charge in [-0.25, -0.2) is 4.98 Å². The van der Waals surface area contributed by atoms with E-state index in [-0.39, 0.29) is 17.2 Å². The highest BCUT2D eigenvalue weighted by molar-refractivity contribution is 5.94. The lowest BCUT2D eigenvalue weighted by Crippen LogP contribution is -2.26. The predicted molar refractivity (Wildman–Crippen MR) is 113 cm³/mol. The number of carbonyl (C=O) groups is 1. The molecule has 8 heteroatoms. The molecule has 30 heavy (non-hydrogen) atoms. The van der Waals surface area contributed by atoms with Crippen LogP contribution in [0.4, 0.5) is 5.82 Å². The van der Waals surface area contributed by atoms with Crippen molar-refractivity contribution in [3.8, 4) is 11.5 Å². The summed E-state index contributed by atoms with van der Waals surface area (Å²) in [6, 6.07) is 5.81. The minimum Gasteiger partial charge on any atom is -0.493 e. The van der Waals surface area contributed by atoms with Gasteiger partial charge in [0.15, 0.2) is 17.3 Å². The van der Waals surface area contributed by atoms with Crippen molar-refractivity contribution in [3.63, 3.8) is 0 Å². The maximum atomic E-state index is 12.5. The van der Waals surface area contributed by atoms with Crippen molar-refractivity contribution in [2.45, 2.75) is 45.1 Å². The highest BCUT2D eigenvalue weighted by Gasteiger charge is 2.36. The van der Waals surface area contributed by atoms with Gasteiger partial charge < -0.3 is 19.4 Å². The number of aromatic amines is 1. The molecule has 1 unspecified atom stereocenters. The van der Waals surface area contributed by atoms with Crippen LogP contribution in [-0.2, 0) is 16.8 Å². The van der Waals surface area contributed by atoms with Gasteiger partial charge in [0.25, 0.3) is 0 Å². The van der Waals surface area contributed by atoms with E-state index in [0.717, 1.165) is 16.8 Å². The molecule has 0 spiro atoms. The number of imidazole rings is 1. The lowest BCUT2D eigenvalue weighted by atomic mass is 9.79. The number of hydrogen-bond donors (Lipinski definition) is 2. The fraction of sp³-hybridized carbons (Fsp3) is 0.409. The van der Waals surface area contributed by atoms with Gasteiger partial charge in [-0.3, -0.25) is 9.89 Å². The Balaban J connectivity index is 1.73. The average Bonchev–Trinajstić information content (AvgIpc) is 3.36. The van der Waals surface area contributed by atoms with Crippen LogP contribution < -0.4 is 14.8 Å². The summed E-state index contributed by atoms with van der Waals surface area (Å²) in [5.41, 5.74) is 2.79. The molecule has 2 N–H and O–H groups in total. The molecule has 2 aromatic heterocycles. The second-order valence-corrected chi connectivity index (χ2v) is 8.44. The summed E-state index contributed by atoms with van der Waals surface area (Å²) in [6.07, 6.45) is 5.71. The molecule has 1 aliphatic rings. The van der Waals surface area contributed by atoms with E-state index >= 15 is 0 Å². The number of hydrogen-bond acceptors (Lipinski definition) is 5. The van der Waals surface area contributed by atoms with Crippen LogP contribution in [0.5, 0.6) is 11.5 Å². The molecule has 0 saturated carbocycles. The second-order valence-electron chi connectivity index (χ2n) is 8.44. The number of ether oxygens (including phenoxy) is 2. The Bertz CT molecular complexity index is 1030. The van der Waals surface area contributed by atoms with Gasteiger partial charge in [-0.05, 0) is 6.07 Å². The topological polar surface area (TPSA) is 94.1 Å². The van der Waals surface area contributed by atoms with Crippen LogP contribution in [0.2, 0.25) is 0 Å². The normalized spacial score (nSPS) is 16.1. The summed E-state index contributed by atoms with van der Waals surface area (Å²) in [6.45, 7) is 7.49. The molecule has 3 heterocycles. The summed E-state index contributed by atoms with van der Waals surface area (Å²) in [5, 5.41) is 10.4. The molecule has 1 atom stereocenters. The predicted octanol–water partition coefficient (Wildman–Crippen LogP) is 3.47. The fourth-order valence-electron chi connectivity index (χ4n) is 3.89. The van der Waals surface area contributed by atoms with E-state index in [4.69, 9.17) is 9.47 Å². The number of nitrogens with zero attached hydrogens (tertiary/aromatic N) is 3. The smallest absolute Gasteiger partial charge is 0.226 e. The molecule has 158 valence electrons. The lowest BCUT2D eigenvalue weighted by molar-refractivity contribution is -0.116. The van der Waals surface area contributed by atoms with E-state index in [0.29, 0.717) is 36.9 Å². The van der Waals surface area contributed by atoms with Crippen molar-refractivity contribution >= 4 is 11.7 Å². The van der Waals surface area contributed by atoms with Crippen molar-refractivity contribution < 1.29 is 14.3 Å². The Labute approximate surface area is 175 Å². The Kier molecular flexibility index (Phi) is 5.24. The zero-order valence-corrected chi connectivity index (χ0v) is 17.7. The molecule has 4 rings (SSSR count). The third-order valence-electron chi connectivity index (χ3n) is 5.31. The number of H-pyrrole nitrogens is 1. The maximum absolute atomic E-state index is 12.5. The Morgan fingerprint density at radius 2 is 2.13 bits per heavy atom. The van der Waals surface area contributed by atoms with Crippen molar-refractivity contribution in [3.05, 3.63) is 53.7 Å². The third kappa shape index (κ3) is 3.77. The van der Waals surface area contributed by atoms with Crippen molar-refractivity contribution in [2.24, 2.45) is 0 Å². The van der Waals surface area contributed by atoms with Crippen molar-refractivity contribution in [2.75, 3.05) is 19.0 Å². The number of fused-ring (bicyclic) bond motifs is 1. The van der Waals surface area contributed by atoms with Gasteiger partial charge in [0.2, 0.25) is 5.91 Å². The molecular weight excluding hydrogens is 382 g/mol. The first kappa shape index (κ1) is 20.0. The number of nitrogens with one attached hydrogen (secondary N) is 2. The quantitative estimate of drug-likeness (QED) is 0.650. The van der Waals surface area contributed by atoms with E-state index in [1.54, 1.807) is 19.6 Å². The number of amides is 1. The Morgan fingerprint density at radius 1 is 1.30 bits per heavy atom. The molecular formula is C22H27N5O3. The largest absolute Gasteiger partial charge is 0.493 e. The molecule has 0 saturated heterocycles. The highest BCUT2D eigenvalue weighted by atomic mass is 16.5.